The third-order valence-corrected chi connectivity index (χ3v) is 1.52. The fourth-order valence-electron chi connectivity index (χ4n) is 0.877. The van der Waals surface area contributed by atoms with E-state index in [0.717, 1.165) is 13.0 Å². The van der Waals surface area contributed by atoms with Crippen LogP contribution in [0.3, 0.4) is 0 Å². The molecule has 0 spiro atoms. The number of aromatic nitrogens is 3. The summed E-state index contributed by atoms with van der Waals surface area (Å²) in [6, 6.07) is 0. The van der Waals surface area contributed by atoms with Crippen molar-refractivity contribution in [2.24, 2.45) is 0 Å². The van der Waals surface area contributed by atoms with Crippen molar-refractivity contribution in [1.82, 2.24) is 20.3 Å². The van der Waals surface area contributed by atoms with Gasteiger partial charge in [0, 0.05) is 19.3 Å². The summed E-state index contributed by atoms with van der Waals surface area (Å²) in [5.74, 6) is -0.140. The van der Waals surface area contributed by atoms with Crippen LogP contribution in [0.1, 0.15) is 6.42 Å². The van der Waals surface area contributed by atoms with Gasteiger partial charge in [-0.25, -0.2) is 0 Å². The summed E-state index contributed by atoms with van der Waals surface area (Å²) in [7, 11) is 0. The lowest BCUT2D eigenvalue weighted by atomic mass is 10.4. The fourth-order valence-corrected chi connectivity index (χ4v) is 0.877. The van der Waals surface area contributed by atoms with E-state index in [0.29, 0.717) is 6.54 Å². The first-order valence-electron chi connectivity index (χ1n) is 4.07. The predicted molar refractivity (Wildman–Crippen MR) is 47.8 cm³/mol. The first-order chi connectivity index (χ1) is 6.33. The van der Waals surface area contributed by atoms with Crippen molar-refractivity contribution in [3.8, 4) is 0 Å². The van der Waals surface area contributed by atoms with Crippen LogP contribution in [0.25, 0.3) is 0 Å². The second-order valence-electron chi connectivity index (χ2n) is 2.51. The van der Waals surface area contributed by atoms with Crippen molar-refractivity contribution in [3.63, 3.8) is 0 Å². The minimum absolute atomic E-state index is 0.140. The molecule has 0 radical (unpaired) electrons. The van der Waals surface area contributed by atoms with Gasteiger partial charge in [-0.2, -0.15) is 0 Å². The number of amides is 1. The van der Waals surface area contributed by atoms with E-state index < -0.39 is 0 Å². The van der Waals surface area contributed by atoms with Gasteiger partial charge in [0.15, 0.2) is 0 Å². The molecule has 5 nitrogen and oxygen atoms in total. The molecule has 0 aliphatic rings. The second-order valence-corrected chi connectivity index (χ2v) is 2.51. The zero-order valence-corrected chi connectivity index (χ0v) is 7.31. The van der Waals surface area contributed by atoms with Gasteiger partial charge in [0.05, 0.1) is 6.20 Å². The van der Waals surface area contributed by atoms with Gasteiger partial charge < -0.3 is 5.32 Å². The van der Waals surface area contributed by atoms with E-state index in [2.05, 4.69) is 22.2 Å². The number of aryl methyl sites for hydroxylation is 1. The van der Waals surface area contributed by atoms with Crippen LogP contribution in [-0.2, 0) is 11.3 Å². The Hall–Kier alpha value is -1.65. The average Bonchev–Trinajstić information content (AvgIpc) is 2.64. The first-order valence-corrected chi connectivity index (χ1v) is 4.07. The second kappa shape index (κ2) is 5.08. The van der Waals surface area contributed by atoms with E-state index in [9.17, 15) is 4.79 Å². The molecule has 0 bridgehead atoms. The van der Waals surface area contributed by atoms with E-state index in [-0.39, 0.29) is 5.91 Å². The Kier molecular flexibility index (Phi) is 3.69. The SMILES string of the molecule is C=CC(=O)NCCCn1ccnn1. The van der Waals surface area contributed by atoms with Crippen LogP contribution in [-0.4, -0.2) is 27.4 Å². The molecule has 1 N–H and O–H groups in total. The smallest absolute Gasteiger partial charge is 0.243 e. The maximum absolute atomic E-state index is 10.7. The summed E-state index contributed by atoms with van der Waals surface area (Å²) in [6.07, 6.45) is 5.51. The minimum atomic E-state index is -0.140. The number of rotatable bonds is 5. The third-order valence-electron chi connectivity index (χ3n) is 1.52. The molecule has 1 heterocycles. The van der Waals surface area contributed by atoms with Gasteiger partial charge in [0.2, 0.25) is 5.91 Å². The van der Waals surface area contributed by atoms with Crippen LogP contribution >= 0.6 is 0 Å². The normalized spacial score (nSPS) is 9.54. The maximum Gasteiger partial charge on any atom is 0.243 e. The topological polar surface area (TPSA) is 59.8 Å². The molecule has 1 amide bonds. The van der Waals surface area contributed by atoms with E-state index in [1.54, 1.807) is 17.1 Å². The molecule has 0 aromatic carbocycles. The Labute approximate surface area is 76.4 Å². The number of hydrogen-bond donors (Lipinski definition) is 1. The van der Waals surface area contributed by atoms with Gasteiger partial charge in [-0.3, -0.25) is 9.48 Å². The molecule has 0 fully saturated rings. The molecule has 0 saturated carbocycles. The molecule has 1 aromatic heterocycles. The Morgan fingerprint density at radius 3 is 3.15 bits per heavy atom. The van der Waals surface area contributed by atoms with E-state index in [1.165, 1.54) is 6.08 Å². The minimum Gasteiger partial charge on any atom is -0.353 e. The molecule has 1 rings (SSSR count). The number of nitrogens with one attached hydrogen (secondary N) is 1. The zero-order valence-electron chi connectivity index (χ0n) is 7.31. The summed E-state index contributed by atoms with van der Waals surface area (Å²) in [4.78, 5) is 10.7. The molecule has 0 aliphatic heterocycles. The van der Waals surface area contributed by atoms with Crippen molar-refractivity contribution in [3.05, 3.63) is 25.0 Å². The molecule has 0 atom stereocenters. The van der Waals surface area contributed by atoms with Gasteiger partial charge in [-0.15, -0.1) is 5.10 Å². The quantitative estimate of drug-likeness (QED) is 0.511. The van der Waals surface area contributed by atoms with Gasteiger partial charge in [0.25, 0.3) is 0 Å². The van der Waals surface area contributed by atoms with Gasteiger partial charge >= 0.3 is 0 Å². The van der Waals surface area contributed by atoms with Crippen molar-refractivity contribution in [2.75, 3.05) is 6.54 Å². The first kappa shape index (κ1) is 9.44. The lowest BCUT2D eigenvalue weighted by Gasteiger charge is -2.01. The molecule has 5 heteroatoms. The van der Waals surface area contributed by atoms with Crippen LogP contribution in [0.5, 0.6) is 0 Å². The largest absolute Gasteiger partial charge is 0.353 e. The Morgan fingerprint density at radius 2 is 2.54 bits per heavy atom. The molecular formula is C8H12N4O. The summed E-state index contributed by atoms with van der Waals surface area (Å²) in [6.45, 7) is 4.74. The average molecular weight is 180 g/mol. The summed E-state index contributed by atoms with van der Waals surface area (Å²) in [5.41, 5.74) is 0. The van der Waals surface area contributed by atoms with Gasteiger partial charge in [-0.1, -0.05) is 11.8 Å². The lowest BCUT2D eigenvalue weighted by Crippen LogP contribution is -2.22. The van der Waals surface area contributed by atoms with Gasteiger partial charge in [0.1, 0.15) is 0 Å². The van der Waals surface area contributed by atoms with E-state index in [1.807, 2.05) is 0 Å². The van der Waals surface area contributed by atoms with Crippen LogP contribution < -0.4 is 5.32 Å². The summed E-state index contributed by atoms with van der Waals surface area (Å²) < 4.78 is 1.72. The zero-order chi connectivity index (χ0) is 9.52. The van der Waals surface area contributed by atoms with Gasteiger partial charge in [-0.05, 0) is 12.5 Å². The lowest BCUT2D eigenvalue weighted by molar-refractivity contribution is -0.116. The monoisotopic (exact) mass is 180 g/mol. The number of carbonyl (C=O) groups is 1. The standard InChI is InChI=1S/C8H12N4O/c1-2-8(13)9-4-3-6-12-7-5-10-11-12/h2,5,7H,1,3-4,6H2,(H,9,13). The molecule has 13 heavy (non-hydrogen) atoms. The molecule has 70 valence electrons. The highest BCUT2D eigenvalue weighted by Gasteiger charge is 1.93. The molecule has 0 saturated heterocycles. The van der Waals surface area contributed by atoms with Crippen molar-refractivity contribution in [2.45, 2.75) is 13.0 Å². The number of nitrogens with zero attached hydrogens (tertiary/aromatic N) is 3. The van der Waals surface area contributed by atoms with Crippen LogP contribution in [0.4, 0.5) is 0 Å². The van der Waals surface area contributed by atoms with E-state index in [4.69, 9.17) is 0 Å². The molecule has 1 aromatic rings. The van der Waals surface area contributed by atoms with E-state index >= 15 is 0 Å². The van der Waals surface area contributed by atoms with Crippen molar-refractivity contribution >= 4 is 5.91 Å². The predicted octanol–water partition coefficient (Wildman–Crippen LogP) is -0.0296. The third kappa shape index (κ3) is 3.50. The highest BCUT2D eigenvalue weighted by atomic mass is 16.1. The Morgan fingerprint density at radius 1 is 1.69 bits per heavy atom. The molecule has 0 unspecified atom stereocenters. The number of hydrogen-bond acceptors (Lipinski definition) is 3. The highest BCUT2D eigenvalue weighted by Crippen LogP contribution is 1.85. The summed E-state index contributed by atoms with van der Waals surface area (Å²) in [5, 5.41) is 10.1. The molecular weight excluding hydrogens is 168 g/mol. The Balaban J connectivity index is 2.08. The highest BCUT2D eigenvalue weighted by molar-refractivity contribution is 5.86. The summed E-state index contributed by atoms with van der Waals surface area (Å²) >= 11 is 0. The number of carbonyl (C=O) groups excluding carboxylic acids is 1. The Bertz CT molecular complexity index is 268. The van der Waals surface area contributed by atoms with Crippen LogP contribution in [0, 0.1) is 0 Å². The van der Waals surface area contributed by atoms with Crippen LogP contribution in [0.2, 0.25) is 0 Å². The molecule has 0 aliphatic carbocycles. The van der Waals surface area contributed by atoms with Crippen LogP contribution in [0.15, 0.2) is 25.0 Å². The van der Waals surface area contributed by atoms with Crippen molar-refractivity contribution < 1.29 is 4.79 Å². The fraction of sp³-hybridized carbons (Fsp3) is 0.375. The maximum atomic E-state index is 10.7. The van der Waals surface area contributed by atoms with Crippen molar-refractivity contribution in [1.29, 1.82) is 0 Å².